The van der Waals surface area contributed by atoms with Gasteiger partial charge in [-0.15, -0.1) is 0 Å². The molecule has 0 aromatic heterocycles. The molecule has 0 radical (unpaired) electrons. The first-order chi connectivity index (χ1) is 11.5. The molecular formula is C18H25FN2O3. The first kappa shape index (κ1) is 18.4. The summed E-state index contributed by atoms with van der Waals surface area (Å²) in [7, 11) is 1.64. The molecule has 1 aliphatic rings. The number of nitrogens with zero attached hydrogens (tertiary/aromatic N) is 1. The van der Waals surface area contributed by atoms with Gasteiger partial charge < -0.3 is 15.0 Å². The van der Waals surface area contributed by atoms with Crippen molar-refractivity contribution in [3.8, 4) is 0 Å². The summed E-state index contributed by atoms with van der Waals surface area (Å²) in [6, 6.07) is 5.72. The lowest BCUT2D eigenvalue weighted by atomic mass is 9.95. The van der Waals surface area contributed by atoms with Gasteiger partial charge in [-0.2, -0.15) is 0 Å². The molecule has 1 aromatic carbocycles. The van der Waals surface area contributed by atoms with E-state index in [0.717, 1.165) is 0 Å². The van der Waals surface area contributed by atoms with Gasteiger partial charge in [-0.3, -0.25) is 9.59 Å². The van der Waals surface area contributed by atoms with Gasteiger partial charge in [-0.1, -0.05) is 0 Å². The zero-order valence-electron chi connectivity index (χ0n) is 14.3. The number of ether oxygens (including phenoxy) is 1. The summed E-state index contributed by atoms with van der Waals surface area (Å²) in [5, 5.41) is 2.81. The highest BCUT2D eigenvalue weighted by molar-refractivity contribution is 5.92. The van der Waals surface area contributed by atoms with Crippen molar-refractivity contribution >= 4 is 17.5 Å². The fourth-order valence-electron chi connectivity index (χ4n) is 2.77. The molecule has 1 N–H and O–H groups in total. The van der Waals surface area contributed by atoms with Crippen LogP contribution in [0.5, 0.6) is 0 Å². The standard InChI is InChI=1S/C18H25FN2O3/c1-13(24-2)3-8-17(22)21-11-9-14(10-12-21)18(23)20-16-6-4-15(19)5-7-16/h4-7,13-14H,3,8-12H2,1-2H3,(H,20,23)/t13-/m1/s1. The maximum Gasteiger partial charge on any atom is 0.227 e. The number of hydrogen-bond donors (Lipinski definition) is 1. The lowest BCUT2D eigenvalue weighted by Crippen LogP contribution is -2.41. The molecule has 1 atom stereocenters. The van der Waals surface area contributed by atoms with Crippen LogP contribution in [0.3, 0.4) is 0 Å². The summed E-state index contributed by atoms with van der Waals surface area (Å²) < 4.78 is 18.0. The number of benzene rings is 1. The van der Waals surface area contributed by atoms with Gasteiger partial charge >= 0.3 is 0 Å². The number of nitrogens with one attached hydrogen (secondary N) is 1. The number of methoxy groups -OCH3 is 1. The van der Waals surface area contributed by atoms with E-state index < -0.39 is 0 Å². The minimum atomic E-state index is -0.331. The second-order valence-corrected chi connectivity index (χ2v) is 6.24. The summed E-state index contributed by atoms with van der Waals surface area (Å²) in [6.07, 6.45) is 2.56. The normalized spacial score (nSPS) is 16.7. The van der Waals surface area contributed by atoms with Crippen molar-refractivity contribution in [1.82, 2.24) is 4.90 Å². The number of anilines is 1. The Morgan fingerprint density at radius 3 is 2.50 bits per heavy atom. The number of halogens is 1. The minimum absolute atomic E-state index is 0.0679. The van der Waals surface area contributed by atoms with Gasteiger partial charge in [0.1, 0.15) is 5.82 Å². The fourth-order valence-corrected chi connectivity index (χ4v) is 2.77. The van der Waals surface area contributed by atoms with Gasteiger partial charge in [-0.25, -0.2) is 4.39 Å². The van der Waals surface area contributed by atoms with E-state index in [-0.39, 0.29) is 29.7 Å². The van der Waals surface area contributed by atoms with Crippen molar-refractivity contribution in [2.45, 2.75) is 38.7 Å². The predicted molar refractivity (Wildman–Crippen MR) is 90.0 cm³/mol. The van der Waals surface area contributed by atoms with E-state index in [4.69, 9.17) is 4.74 Å². The van der Waals surface area contributed by atoms with E-state index in [9.17, 15) is 14.0 Å². The molecule has 0 spiro atoms. The van der Waals surface area contributed by atoms with E-state index in [1.807, 2.05) is 11.8 Å². The second-order valence-electron chi connectivity index (χ2n) is 6.24. The third-order valence-corrected chi connectivity index (χ3v) is 4.50. The Morgan fingerprint density at radius 1 is 1.29 bits per heavy atom. The number of carbonyl (C=O) groups excluding carboxylic acids is 2. The zero-order valence-corrected chi connectivity index (χ0v) is 14.3. The summed E-state index contributed by atoms with van der Waals surface area (Å²) >= 11 is 0. The van der Waals surface area contributed by atoms with E-state index in [0.29, 0.717) is 44.5 Å². The lowest BCUT2D eigenvalue weighted by molar-refractivity contribution is -0.135. The molecule has 0 aliphatic carbocycles. The number of likely N-dealkylation sites (tertiary alicyclic amines) is 1. The summed E-state index contributed by atoms with van der Waals surface area (Å²) in [6.45, 7) is 3.14. The first-order valence-corrected chi connectivity index (χ1v) is 8.36. The van der Waals surface area contributed by atoms with Crippen molar-refractivity contribution in [2.75, 3.05) is 25.5 Å². The Kier molecular flexibility index (Phi) is 6.73. The number of piperidine rings is 1. The largest absolute Gasteiger partial charge is 0.382 e. The summed E-state index contributed by atoms with van der Waals surface area (Å²) in [5.41, 5.74) is 0.591. The monoisotopic (exact) mass is 336 g/mol. The van der Waals surface area contributed by atoms with Gasteiger partial charge in [0.2, 0.25) is 11.8 Å². The van der Waals surface area contributed by atoms with E-state index in [1.54, 1.807) is 19.2 Å². The molecule has 6 heteroatoms. The molecule has 0 unspecified atom stereocenters. The highest BCUT2D eigenvalue weighted by Crippen LogP contribution is 2.20. The topological polar surface area (TPSA) is 58.6 Å². The van der Waals surface area contributed by atoms with Crippen LogP contribution in [0.4, 0.5) is 10.1 Å². The van der Waals surface area contributed by atoms with Crippen LogP contribution < -0.4 is 5.32 Å². The van der Waals surface area contributed by atoms with Gasteiger partial charge in [0.15, 0.2) is 0 Å². The van der Waals surface area contributed by atoms with Gasteiger partial charge in [-0.05, 0) is 50.5 Å². The maximum atomic E-state index is 12.9. The van der Waals surface area contributed by atoms with Crippen molar-refractivity contribution in [1.29, 1.82) is 0 Å². The Balaban J connectivity index is 1.76. The first-order valence-electron chi connectivity index (χ1n) is 8.36. The van der Waals surface area contributed by atoms with Crippen molar-refractivity contribution < 1.29 is 18.7 Å². The predicted octanol–water partition coefficient (Wildman–Crippen LogP) is 2.82. The van der Waals surface area contributed by atoms with Gasteiger partial charge in [0.05, 0.1) is 6.10 Å². The molecule has 24 heavy (non-hydrogen) atoms. The average molecular weight is 336 g/mol. The lowest BCUT2D eigenvalue weighted by Gasteiger charge is -2.31. The molecule has 1 aromatic rings. The highest BCUT2D eigenvalue weighted by Gasteiger charge is 2.27. The van der Waals surface area contributed by atoms with Crippen LogP contribution in [0.2, 0.25) is 0 Å². The smallest absolute Gasteiger partial charge is 0.227 e. The van der Waals surface area contributed by atoms with Crippen LogP contribution in [0.1, 0.15) is 32.6 Å². The number of carbonyl (C=O) groups is 2. The third kappa shape index (κ3) is 5.30. The van der Waals surface area contributed by atoms with E-state index >= 15 is 0 Å². The quantitative estimate of drug-likeness (QED) is 0.869. The fraction of sp³-hybridized carbons (Fsp3) is 0.556. The Bertz CT molecular complexity index is 554. The molecule has 2 rings (SSSR count). The minimum Gasteiger partial charge on any atom is -0.382 e. The Morgan fingerprint density at radius 2 is 1.92 bits per heavy atom. The van der Waals surface area contributed by atoms with E-state index in [2.05, 4.69) is 5.32 Å². The SMILES string of the molecule is CO[C@H](C)CCC(=O)N1CCC(C(=O)Nc2ccc(F)cc2)CC1. The van der Waals surface area contributed by atoms with Crippen LogP contribution in [-0.2, 0) is 14.3 Å². The number of amides is 2. The summed E-state index contributed by atoms with van der Waals surface area (Å²) in [4.78, 5) is 26.2. The molecule has 0 bridgehead atoms. The van der Waals surface area contributed by atoms with Crippen molar-refractivity contribution in [2.24, 2.45) is 5.92 Å². The van der Waals surface area contributed by atoms with Crippen LogP contribution >= 0.6 is 0 Å². The van der Waals surface area contributed by atoms with Crippen LogP contribution in [0.15, 0.2) is 24.3 Å². The average Bonchev–Trinajstić information content (AvgIpc) is 2.61. The van der Waals surface area contributed by atoms with Crippen LogP contribution in [0, 0.1) is 11.7 Å². The Hall–Kier alpha value is -1.95. The molecule has 1 saturated heterocycles. The maximum absolute atomic E-state index is 12.9. The molecule has 1 fully saturated rings. The molecular weight excluding hydrogens is 311 g/mol. The van der Waals surface area contributed by atoms with Gasteiger partial charge in [0, 0.05) is 38.2 Å². The molecule has 1 heterocycles. The summed E-state index contributed by atoms with van der Waals surface area (Å²) in [5.74, 6) is -0.391. The Labute approximate surface area is 142 Å². The second kappa shape index (κ2) is 8.78. The molecule has 0 saturated carbocycles. The molecule has 1 aliphatic heterocycles. The van der Waals surface area contributed by atoms with Crippen LogP contribution in [0.25, 0.3) is 0 Å². The zero-order chi connectivity index (χ0) is 17.5. The van der Waals surface area contributed by atoms with Crippen molar-refractivity contribution in [3.05, 3.63) is 30.1 Å². The molecule has 5 nitrogen and oxygen atoms in total. The van der Waals surface area contributed by atoms with Crippen molar-refractivity contribution in [3.63, 3.8) is 0 Å². The highest BCUT2D eigenvalue weighted by atomic mass is 19.1. The van der Waals surface area contributed by atoms with Gasteiger partial charge in [0.25, 0.3) is 0 Å². The number of rotatable bonds is 6. The third-order valence-electron chi connectivity index (χ3n) is 4.50. The molecule has 2 amide bonds. The number of hydrogen-bond acceptors (Lipinski definition) is 3. The molecule has 132 valence electrons. The van der Waals surface area contributed by atoms with E-state index in [1.165, 1.54) is 12.1 Å². The van der Waals surface area contributed by atoms with Crippen LogP contribution in [-0.4, -0.2) is 43.0 Å².